The quantitative estimate of drug-likeness (QED) is 0.629. The lowest BCUT2D eigenvalue weighted by molar-refractivity contribution is -0.291. The van der Waals surface area contributed by atoms with Crippen LogP contribution in [0.3, 0.4) is 0 Å². The average Bonchev–Trinajstić information content (AvgIpc) is 2.04. The number of hydrogen-bond acceptors (Lipinski definition) is 1. The first-order valence-corrected chi connectivity index (χ1v) is 3.13. The summed E-state index contributed by atoms with van der Waals surface area (Å²) in [7, 11) is 0. The van der Waals surface area contributed by atoms with Crippen molar-refractivity contribution < 1.29 is 22.0 Å². The Morgan fingerprint density at radius 2 is 1.77 bits per heavy atom. The van der Waals surface area contributed by atoms with E-state index in [9.17, 15) is 22.0 Å². The molecule has 0 spiro atoms. The molecule has 13 heavy (non-hydrogen) atoms. The molecule has 1 radical (unpaired) electrons. The smallest absolute Gasteiger partial charge is 0.254 e. The maximum absolute atomic E-state index is 12.4. The molecule has 0 aliphatic heterocycles. The summed E-state index contributed by atoms with van der Waals surface area (Å²) >= 11 is 0. The van der Waals surface area contributed by atoms with Crippen LogP contribution in [0.4, 0.5) is 22.0 Å². The summed E-state index contributed by atoms with van der Waals surface area (Å²) in [5.41, 5.74) is -1.41. The van der Waals surface area contributed by atoms with Crippen LogP contribution in [0.2, 0.25) is 0 Å². The number of aromatic nitrogens is 1. The average molecular weight is 196 g/mol. The molecule has 0 saturated carbocycles. The zero-order valence-electron chi connectivity index (χ0n) is 6.07. The third kappa shape index (κ3) is 1.76. The van der Waals surface area contributed by atoms with E-state index < -0.39 is 17.8 Å². The van der Waals surface area contributed by atoms with E-state index in [1.807, 2.05) is 0 Å². The van der Waals surface area contributed by atoms with Gasteiger partial charge in [-0.2, -0.15) is 22.0 Å². The molecule has 0 aliphatic rings. The maximum Gasteiger partial charge on any atom is 0.459 e. The zero-order valence-corrected chi connectivity index (χ0v) is 6.07. The van der Waals surface area contributed by atoms with Gasteiger partial charge in [-0.25, -0.2) is 0 Å². The fourth-order valence-corrected chi connectivity index (χ4v) is 0.631. The van der Waals surface area contributed by atoms with E-state index in [4.69, 9.17) is 0 Å². The van der Waals surface area contributed by atoms with Gasteiger partial charge >= 0.3 is 12.1 Å². The number of pyridine rings is 1. The van der Waals surface area contributed by atoms with Gasteiger partial charge in [0, 0.05) is 12.3 Å². The highest BCUT2D eigenvalue weighted by Gasteiger charge is 2.59. The van der Waals surface area contributed by atoms with Crippen molar-refractivity contribution in [2.24, 2.45) is 0 Å². The molecule has 0 amide bonds. The summed E-state index contributed by atoms with van der Waals surface area (Å²) in [6, 6.07) is 3.88. The van der Waals surface area contributed by atoms with E-state index in [2.05, 4.69) is 4.98 Å². The third-order valence-corrected chi connectivity index (χ3v) is 1.26. The van der Waals surface area contributed by atoms with Gasteiger partial charge in [0.1, 0.15) is 5.69 Å². The second-order valence-electron chi connectivity index (χ2n) is 2.20. The molecule has 1 aromatic rings. The second-order valence-corrected chi connectivity index (χ2v) is 2.20. The Morgan fingerprint density at radius 3 is 2.15 bits per heavy atom. The van der Waals surface area contributed by atoms with Crippen molar-refractivity contribution in [3.05, 3.63) is 30.1 Å². The number of alkyl halides is 5. The Morgan fingerprint density at radius 1 is 1.15 bits per heavy atom. The molecular formula is C7H3F5N. The van der Waals surface area contributed by atoms with Crippen LogP contribution in [-0.4, -0.2) is 11.2 Å². The van der Waals surface area contributed by atoms with E-state index in [-0.39, 0.29) is 0 Å². The second kappa shape index (κ2) is 2.93. The topological polar surface area (TPSA) is 12.9 Å². The van der Waals surface area contributed by atoms with Gasteiger partial charge in [0.25, 0.3) is 0 Å². The van der Waals surface area contributed by atoms with Crippen molar-refractivity contribution in [1.82, 2.24) is 4.98 Å². The van der Waals surface area contributed by atoms with Crippen LogP contribution in [0.1, 0.15) is 5.69 Å². The Hall–Kier alpha value is -1.20. The predicted molar refractivity (Wildman–Crippen MR) is 33.0 cm³/mol. The lowest BCUT2D eigenvalue weighted by Gasteiger charge is -2.17. The van der Waals surface area contributed by atoms with E-state index in [1.54, 1.807) is 6.07 Å². The lowest BCUT2D eigenvalue weighted by atomic mass is 10.2. The van der Waals surface area contributed by atoms with E-state index in [0.29, 0.717) is 0 Å². The molecule has 71 valence electrons. The lowest BCUT2D eigenvalue weighted by Crippen LogP contribution is -2.34. The number of rotatable bonds is 1. The predicted octanol–water partition coefficient (Wildman–Crippen LogP) is 2.54. The molecule has 0 fully saturated rings. The molecule has 1 nitrogen and oxygen atoms in total. The molecule has 0 saturated heterocycles. The summed E-state index contributed by atoms with van der Waals surface area (Å²) < 4.78 is 60.0. The van der Waals surface area contributed by atoms with Gasteiger partial charge in [0.15, 0.2) is 0 Å². The van der Waals surface area contributed by atoms with Crippen LogP contribution in [0, 0.1) is 6.07 Å². The first-order chi connectivity index (χ1) is 5.86. The standard InChI is InChI=1S/C7H3F5N/c8-6(9,7(10,11)12)5-3-1-2-4-13-5/h1-2,4H. The van der Waals surface area contributed by atoms with Gasteiger partial charge in [0.05, 0.1) is 0 Å². The maximum atomic E-state index is 12.4. The summed E-state index contributed by atoms with van der Waals surface area (Å²) in [4.78, 5) is 2.89. The summed E-state index contributed by atoms with van der Waals surface area (Å²) in [6.07, 6.45) is -4.77. The van der Waals surface area contributed by atoms with E-state index in [1.165, 1.54) is 6.07 Å². The molecule has 1 heterocycles. The molecular weight excluding hydrogens is 193 g/mol. The fraction of sp³-hybridized carbons (Fsp3) is 0.286. The van der Waals surface area contributed by atoms with Gasteiger partial charge in [-0.1, -0.05) is 6.07 Å². The van der Waals surface area contributed by atoms with Crippen LogP contribution < -0.4 is 0 Å². The minimum absolute atomic E-state index is 0.853. The molecule has 0 N–H and O–H groups in total. The van der Waals surface area contributed by atoms with Crippen LogP contribution in [-0.2, 0) is 5.92 Å². The highest BCUT2D eigenvalue weighted by Crippen LogP contribution is 2.42. The third-order valence-electron chi connectivity index (χ3n) is 1.26. The van der Waals surface area contributed by atoms with Gasteiger partial charge < -0.3 is 0 Å². The minimum atomic E-state index is -5.63. The monoisotopic (exact) mass is 196 g/mol. The van der Waals surface area contributed by atoms with Crippen molar-refractivity contribution in [3.63, 3.8) is 0 Å². The summed E-state index contributed by atoms with van der Waals surface area (Å²) in [5, 5.41) is 0. The van der Waals surface area contributed by atoms with Gasteiger partial charge in [-0.05, 0) is 6.07 Å². The first kappa shape index (κ1) is 9.88. The molecule has 0 aliphatic carbocycles. The SMILES string of the molecule is FC(F)(F)C(F)(F)c1[c]cccn1. The molecule has 1 aromatic heterocycles. The highest BCUT2D eigenvalue weighted by atomic mass is 19.4. The molecule has 1 rings (SSSR count). The van der Waals surface area contributed by atoms with Crippen molar-refractivity contribution in [3.8, 4) is 0 Å². The van der Waals surface area contributed by atoms with E-state index >= 15 is 0 Å². The largest absolute Gasteiger partial charge is 0.459 e. The van der Waals surface area contributed by atoms with E-state index in [0.717, 1.165) is 12.3 Å². The van der Waals surface area contributed by atoms with Crippen molar-refractivity contribution in [2.45, 2.75) is 12.1 Å². The van der Waals surface area contributed by atoms with Gasteiger partial charge in [-0.3, -0.25) is 4.98 Å². The first-order valence-electron chi connectivity index (χ1n) is 3.13. The van der Waals surface area contributed by atoms with Crippen LogP contribution in [0.15, 0.2) is 18.3 Å². The minimum Gasteiger partial charge on any atom is -0.254 e. The molecule has 0 unspecified atom stereocenters. The summed E-state index contributed by atoms with van der Waals surface area (Å²) in [5.74, 6) is -4.94. The van der Waals surface area contributed by atoms with Gasteiger partial charge in [-0.15, -0.1) is 0 Å². The van der Waals surface area contributed by atoms with Crippen molar-refractivity contribution >= 4 is 0 Å². The molecule has 6 heteroatoms. The number of halogens is 5. The number of nitrogens with zero attached hydrogens (tertiary/aromatic N) is 1. The Labute approximate surface area is 70.2 Å². The van der Waals surface area contributed by atoms with Crippen LogP contribution in [0.25, 0.3) is 0 Å². The molecule has 0 aromatic carbocycles. The molecule has 0 bridgehead atoms. The Bertz CT molecular complexity index is 279. The normalized spacial score (nSPS) is 13.0. The number of hydrogen-bond donors (Lipinski definition) is 0. The van der Waals surface area contributed by atoms with Gasteiger partial charge in [0.2, 0.25) is 0 Å². The Kier molecular flexibility index (Phi) is 2.23. The Balaban J connectivity index is 3.08. The summed E-state index contributed by atoms with van der Waals surface area (Å²) in [6.45, 7) is 0. The molecule has 0 atom stereocenters. The zero-order chi connectivity index (χ0) is 10.1. The van der Waals surface area contributed by atoms with Crippen LogP contribution in [0.5, 0.6) is 0 Å². The fourth-order valence-electron chi connectivity index (χ4n) is 0.631. The van der Waals surface area contributed by atoms with Crippen molar-refractivity contribution in [2.75, 3.05) is 0 Å². The van der Waals surface area contributed by atoms with Crippen LogP contribution >= 0.6 is 0 Å². The van der Waals surface area contributed by atoms with Crippen molar-refractivity contribution in [1.29, 1.82) is 0 Å². The highest BCUT2D eigenvalue weighted by molar-refractivity contribution is 5.10.